The first-order chi connectivity index (χ1) is 15.4. The van der Waals surface area contributed by atoms with Gasteiger partial charge in [-0.25, -0.2) is 4.98 Å². The Morgan fingerprint density at radius 2 is 1.59 bits per heavy atom. The van der Waals surface area contributed by atoms with Gasteiger partial charge < -0.3 is 9.73 Å². The number of fused-ring (bicyclic) bond motifs is 2. The van der Waals surface area contributed by atoms with E-state index in [-0.39, 0.29) is 5.69 Å². The molecular formula is C25H15F3N2O2. The van der Waals surface area contributed by atoms with Crippen LogP contribution in [-0.2, 0) is 6.18 Å². The van der Waals surface area contributed by atoms with Gasteiger partial charge in [0.05, 0.1) is 16.6 Å². The van der Waals surface area contributed by atoms with Gasteiger partial charge in [0.1, 0.15) is 11.3 Å². The summed E-state index contributed by atoms with van der Waals surface area (Å²) in [7, 11) is 0. The van der Waals surface area contributed by atoms with Crippen molar-refractivity contribution < 1.29 is 22.4 Å². The van der Waals surface area contributed by atoms with E-state index in [1.54, 1.807) is 24.3 Å². The number of hydrogen-bond acceptors (Lipinski definition) is 3. The number of pyridine rings is 1. The molecule has 0 spiro atoms. The van der Waals surface area contributed by atoms with Crippen molar-refractivity contribution in [3.05, 3.63) is 96.1 Å². The first kappa shape index (κ1) is 19.8. The molecule has 2 aromatic heterocycles. The number of nitrogens with one attached hydrogen (secondary N) is 1. The van der Waals surface area contributed by atoms with Gasteiger partial charge in [-0.3, -0.25) is 4.79 Å². The molecule has 0 radical (unpaired) electrons. The van der Waals surface area contributed by atoms with Crippen LogP contribution in [-0.4, -0.2) is 10.9 Å². The smallest absolute Gasteiger partial charge is 0.416 e. The van der Waals surface area contributed by atoms with Crippen molar-refractivity contribution in [3.63, 3.8) is 0 Å². The zero-order chi connectivity index (χ0) is 22.3. The molecule has 0 unspecified atom stereocenters. The van der Waals surface area contributed by atoms with Crippen LogP contribution in [0, 0.1) is 0 Å². The van der Waals surface area contributed by atoms with Crippen LogP contribution >= 0.6 is 0 Å². The lowest BCUT2D eigenvalue weighted by Crippen LogP contribution is -2.13. The second kappa shape index (κ2) is 7.53. The van der Waals surface area contributed by atoms with E-state index in [0.717, 1.165) is 17.5 Å². The van der Waals surface area contributed by atoms with Crippen molar-refractivity contribution >= 4 is 33.5 Å². The Morgan fingerprint density at radius 3 is 2.34 bits per heavy atom. The van der Waals surface area contributed by atoms with Crippen molar-refractivity contribution in [1.29, 1.82) is 0 Å². The van der Waals surface area contributed by atoms with E-state index < -0.39 is 17.6 Å². The number of aromatic nitrogens is 1. The first-order valence-electron chi connectivity index (χ1n) is 9.76. The minimum Gasteiger partial charge on any atom is -0.454 e. The van der Waals surface area contributed by atoms with Crippen LogP contribution in [0.3, 0.4) is 0 Å². The summed E-state index contributed by atoms with van der Waals surface area (Å²) in [4.78, 5) is 17.7. The van der Waals surface area contributed by atoms with Crippen LogP contribution < -0.4 is 5.32 Å². The minimum atomic E-state index is -4.44. The third-order valence-electron chi connectivity index (χ3n) is 5.11. The summed E-state index contributed by atoms with van der Waals surface area (Å²) in [6, 6.07) is 22.5. The average Bonchev–Trinajstić information content (AvgIpc) is 3.22. The Bertz CT molecular complexity index is 1420. The molecule has 2 heterocycles. The Balaban J connectivity index is 1.54. The largest absolute Gasteiger partial charge is 0.454 e. The topological polar surface area (TPSA) is 55.1 Å². The Hall–Kier alpha value is -4.13. The molecule has 158 valence electrons. The van der Waals surface area contributed by atoms with E-state index >= 15 is 0 Å². The molecule has 0 fully saturated rings. The average molecular weight is 432 g/mol. The van der Waals surface area contributed by atoms with Crippen LogP contribution in [0.2, 0.25) is 0 Å². The number of anilines is 1. The molecule has 3 aromatic carbocycles. The van der Waals surface area contributed by atoms with Gasteiger partial charge in [-0.05, 0) is 48.5 Å². The molecule has 0 atom stereocenters. The van der Waals surface area contributed by atoms with Crippen molar-refractivity contribution in [2.45, 2.75) is 6.18 Å². The monoisotopic (exact) mass is 432 g/mol. The van der Waals surface area contributed by atoms with Crippen molar-refractivity contribution in [2.24, 2.45) is 0 Å². The van der Waals surface area contributed by atoms with Crippen molar-refractivity contribution in [2.75, 3.05) is 5.32 Å². The summed E-state index contributed by atoms with van der Waals surface area (Å²) in [5.74, 6) is 0.0567. The number of para-hydroxylation sites is 2. The molecule has 4 nitrogen and oxygen atoms in total. The third kappa shape index (κ3) is 3.69. The molecule has 0 aliphatic heterocycles. The van der Waals surface area contributed by atoms with E-state index in [2.05, 4.69) is 10.3 Å². The van der Waals surface area contributed by atoms with Crippen LogP contribution in [0.25, 0.3) is 33.3 Å². The molecular weight excluding hydrogens is 417 g/mol. The number of carbonyl (C=O) groups excluding carboxylic acids is 1. The molecule has 1 N–H and O–H groups in total. The van der Waals surface area contributed by atoms with Crippen LogP contribution in [0.5, 0.6) is 0 Å². The fourth-order valence-corrected chi connectivity index (χ4v) is 3.54. The predicted octanol–water partition coefficient (Wildman–Crippen LogP) is 6.92. The van der Waals surface area contributed by atoms with Crippen LogP contribution in [0.15, 0.2) is 89.3 Å². The van der Waals surface area contributed by atoms with E-state index in [4.69, 9.17) is 4.42 Å². The van der Waals surface area contributed by atoms with Gasteiger partial charge in [-0.15, -0.1) is 0 Å². The summed E-state index contributed by atoms with van der Waals surface area (Å²) >= 11 is 0. The molecule has 5 aromatic rings. The first-order valence-corrected chi connectivity index (χ1v) is 9.76. The number of furan rings is 1. The fraction of sp³-hybridized carbons (Fsp3) is 0.0400. The lowest BCUT2D eigenvalue weighted by atomic mass is 10.1. The summed E-state index contributed by atoms with van der Waals surface area (Å²) in [5.41, 5.74) is 1.60. The normalized spacial score (nSPS) is 11.7. The maximum absolute atomic E-state index is 13.1. The molecule has 5 rings (SSSR count). The predicted molar refractivity (Wildman–Crippen MR) is 116 cm³/mol. The Labute approximate surface area is 180 Å². The summed E-state index contributed by atoms with van der Waals surface area (Å²) in [6.45, 7) is 0. The van der Waals surface area contributed by atoms with E-state index in [9.17, 15) is 18.0 Å². The molecule has 0 bridgehead atoms. The highest BCUT2D eigenvalue weighted by molar-refractivity contribution is 6.13. The Kier molecular flexibility index (Phi) is 4.66. The van der Waals surface area contributed by atoms with E-state index in [1.807, 2.05) is 36.4 Å². The quantitative estimate of drug-likeness (QED) is 0.337. The number of halogens is 3. The SMILES string of the molecule is O=C(Nc1ccc(C(F)(F)F)cc1)c1cc(-c2cc3ccccc3o2)nc2ccccc12. The van der Waals surface area contributed by atoms with Crippen molar-refractivity contribution in [1.82, 2.24) is 4.98 Å². The van der Waals surface area contributed by atoms with Gasteiger partial charge in [0.25, 0.3) is 5.91 Å². The zero-order valence-corrected chi connectivity index (χ0v) is 16.5. The lowest BCUT2D eigenvalue weighted by molar-refractivity contribution is -0.137. The van der Waals surface area contributed by atoms with E-state index in [1.165, 1.54) is 12.1 Å². The van der Waals surface area contributed by atoms with Gasteiger partial charge in [0, 0.05) is 16.5 Å². The standard InChI is InChI=1S/C25H15F3N2O2/c26-25(27,28)16-9-11-17(12-10-16)29-24(31)19-14-21(30-20-7-3-2-6-18(19)20)23-13-15-5-1-4-8-22(15)32-23/h1-14H,(H,29,31). The molecule has 1 amide bonds. The molecule has 0 aliphatic carbocycles. The molecule has 0 saturated heterocycles. The molecule has 0 aliphatic rings. The highest BCUT2D eigenvalue weighted by Crippen LogP contribution is 2.31. The van der Waals surface area contributed by atoms with Gasteiger partial charge in [0.15, 0.2) is 5.76 Å². The maximum Gasteiger partial charge on any atom is 0.416 e. The van der Waals surface area contributed by atoms with E-state index in [0.29, 0.717) is 33.5 Å². The number of alkyl halides is 3. The third-order valence-corrected chi connectivity index (χ3v) is 5.11. The highest BCUT2D eigenvalue weighted by atomic mass is 19.4. The second-order valence-electron chi connectivity index (χ2n) is 7.25. The summed E-state index contributed by atoms with van der Waals surface area (Å²) < 4.78 is 44.3. The van der Waals surface area contributed by atoms with Gasteiger partial charge >= 0.3 is 6.18 Å². The molecule has 32 heavy (non-hydrogen) atoms. The number of rotatable bonds is 3. The number of benzene rings is 3. The van der Waals surface area contributed by atoms with Gasteiger partial charge in [-0.1, -0.05) is 36.4 Å². The maximum atomic E-state index is 13.1. The fourth-order valence-electron chi connectivity index (χ4n) is 3.54. The lowest BCUT2D eigenvalue weighted by Gasteiger charge is -2.11. The van der Waals surface area contributed by atoms with Gasteiger partial charge in [-0.2, -0.15) is 13.2 Å². The number of nitrogens with zero attached hydrogens (tertiary/aromatic N) is 1. The zero-order valence-electron chi connectivity index (χ0n) is 16.5. The second-order valence-corrected chi connectivity index (χ2v) is 7.25. The highest BCUT2D eigenvalue weighted by Gasteiger charge is 2.30. The summed E-state index contributed by atoms with van der Waals surface area (Å²) in [6.07, 6.45) is -4.44. The number of amides is 1. The minimum absolute atomic E-state index is 0.259. The summed E-state index contributed by atoms with van der Waals surface area (Å²) in [5, 5.41) is 4.20. The van der Waals surface area contributed by atoms with Gasteiger partial charge in [0.2, 0.25) is 0 Å². The number of hydrogen-bond donors (Lipinski definition) is 1. The van der Waals surface area contributed by atoms with Crippen LogP contribution in [0.1, 0.15) is 15.9 Å². The van der Waals surface area contributed by atoms with Crippen molar-refractivity contribution in [3.8, 4) is 11.5 Å². The Morgan fingerprint density at radius 1 is 0.875 bits per heavy atom. The molecule has 0 saturated carbocycles. The number of carbonyl (C=O) groups is 1. The molecule has 7 heteroatoms. The van der Waals surface area contributed by atoms with Crippen LogP contribution in [0.4, 0.5) is 18.9 Å².